The molecule has 0 bridgehead atoms. The van der Waals surface area contributed by atoms with Gasteiger partial charge in [-0.25, -0.2) is 4.79 Å². The van der Waals surface area contributed by atoms with Crippen molar-refractivity contribution >= 4 is 11.9 Å². The SMILES string of the molecule is COC(=O)C1(NC(=O)c2ccccc2)CCCC[C@@H]1c1ccccc1. The van der Waals surface area contributed by atoms with Crippen LogP contribution in [0.3, 0.4) is 0 Å². The Morgan fingerprint density at radius 2 is 1.64 bits per heavy atom. The Bertz CT molecular complexity index is 729. The largest absolute Gasteiger partial charge is 0.467 e. The molecule has 2 atom stereocenters. The number of ether oxygens (including phenoxy) is 1. The van der Waals surface area contributed by atoms with Gasteiger partial charge in [0.1, 0.15) is 5.54 Å². The van der Waals surface area contributed by atoms with Crippen molar-refractivity contribution in [1.29, 1.82) is 0 Å². The number of rotatable bonds is 4. The molecule has 1 amide bonds. The molecule has 25 heavy (non-hydrogen) atoms. The second-order valence-electron chi connectivity index (χ2n) is 6.49. The zero-order chi connectivity index (χ0) is 17.7. The van der Waals surface area contributed by atoms with Crippen molar-refractivity contribution in [1.82, 2.24) is 5.32 Å². The summed E-state index contributed by atoms with van der Waals surface area (Å²) in [5.74, 6) is -0.707. The minimum absolute atomic E-state index is 0.0948. The molecule has 3 rings (SSSR count). The predicted octanol–water partition coefficient (Wildman–Crippen LogP) is 3.69. The topological polar surface area (TPSA) is 55.4 Å². The van der Waals surface area contributed by atoms with E-state index in [0.29, 0.717) is 12.0 Å². The van der Waals surface area contributed by atoms with Crippen LogP contribution in [-0.2, 0) is 9.53 Å². The van der Waals surface area contributed by atoms with Crippen molar-refractivity contribution in [3.63, 3.8) is 0 Å². The summed E-state index contributed by atoms with van der Waals surface area (Å²) >= 11 is 0. The van der Waals surface area contributed by atoms with Gasteiger partial charge in [0.05, 0.1) is 7.11 Å². The normalized spacial score (nSPS) is 22.8. The summed E-state index contributed by atoms with van der Waals surface area (Å²) in [6.07, 6.45) is 3.33. The Morgan fingerprint density at radius 1 is 1.00 bits per heavy atom. The molecule has 1 unspecified atom stereocenters. The maximum Gasteiger partial charge on any atom is 0.332 e. The molecule has 1 aliphatic rings. The van der Waals surface area contributed by atoms with Gasteiger partial charge in [0.15, 0.2) is 0 Å². The van der Waals surface area contributed by atoms with E-state index in [2.05, 4.69) is 5.32 Å². The molecule has 0 aromatic heterocycles. The smallest absolute Gasteiger partial charge is 0.332 e. The van der Waals surface area contributed by atoms with Crippen molar-refractivity contribution in [3.05, 3.63) is 71.8 Å². The maximum atomic E-state index is 12.8. The second-order valence-corrected chi connectivity index (χ2v) is 6.49. The van der Waals surface area contributed by atoms with Crippen LogP contribution in [-0.4, -0.2) is 24.5 Å². The van der Waals surface area contributed by atoms with Gasteiger partial charge in [-0.15, -0.1) is 0 Å². The number of esters is 1. The Hall–Kier alpha value is -2.62. The third kappa shape index (κ3) is 3.43. The lowest BCUT2D eigenvalue weighted by Gasteiger charge is -2.42. The highest BCUT2D eigenvalue weighted by Gasteiger charge is 2.49. The van der Waals surface area contributed by atoms with Gasteiger partial charge >= 0.3 is 5.97 Å². The van der Waals surface area contributed by atoms with E-state index < -0.39 is 5.54 Å². The predicted molar refractivity (Wildman–Crippen MR) is 96.3 cm³/mol. The lowest BCUT2D eigenvalue weighted by atomic mass is 9.69. The summed E-state index contributed by atoms with van der Waals surface area (Å²) in [6, 6.07) is 18.9. The van der Waals surface area contributed by atoms with Gasteiger partial charge in [-0.3, -0.25) is 4.79 Å². The van der Waals surface area contributed by atoms with E-state index >= 15 is 0 Å². The molecular weight excluding hydrogens is 314 g/mol. The fraction of sp³-hybridized carbons (Fsp3) is 0.333. The quantitative estimate of drug-likeness (QED) is 0.866. The third-order valence-electron chi connectivity index (χ3n) is 5.03. The number of methoxy groups -OCH3 is 1. The van der Waals surface area contributed by atoms with Gasteiger partial charge in [0.25, 0.3) is 5.91 Å². The summed E-state index contributed by atoms with van der Waals surface area (Å²) in [5, 5.41) is 3.03. The highest BCUT2D eigenvalue weighted by Crippen LogP contribution is 2.42. The van der Waals surface area contributed by atoms with Gasteiger partial charge in [-0.05, 0) is 30.5 Å². The van der Waals surface area contributed by atoms with Crippen molar-refractivity contribution in [2.45, 2.75) is 37.1 Å². The van der Waals surface area contributed by atoms with Gasteiger partial charge in [0, 0.05) is 11.5 Å². The molecule has 1 N–H and O–H groups in total. The number of benzene rings is 2. The number of carbonyl (C=O) groups excluding carboxylic acids is 2. The van der Waals surface area contributed by atoms with Crippen molar-refractivity contribution in [2.24, 2.45) is 0 Å². The fourth-order valence-corrected chi connectivity index (χ4v) is 3.80. The molecule has 4 nitrogen and oxygen atoms in total. The summed E-state index contributed by atoms with van der Waals surface area (Å²) in [5.41, 5.74) is 0.575. The van der Waals surface area contributed by atoms with Gasteiger partial charge in [-0.2, -0.15) is 0 Å². The molecule has 2 aromatic carbocycles. The number of hydrogen-bond donors (Lipinski definition) is 1. The number of amides is 1. The summed E-state index contributed by atoms with van der Waals surface area (Å²) in [4.78, 5) is 25.6. The van der Waals surface area contributed by atoms with Gasteiger partial charge < -0.3 is 10.1 Å². The van der Waals surface area contributed by atoms with Gasteiger partial charge in [0.2, 0.25) is 0 Å². The van der Waals surface area contributed by atoms with Crippen molar-refractivity contribution < 1.29 is 14.3 Å². The standard InChI is InChI=1S/C21H23NO3/c1-25-20(24)21(22-19(23)17-12-6-3-7-13-17)15-9-8-14-18(21)16-10-4-2-5-11-16/h2-7,10-13,18H,8-9,14-15H2,1H3,(H,22,23)/t18-,21?/m1/s1. The summed E-state index contributed by atoms with van der Waals surface area (Å²) in [7, 11) is 1.38. The maximum absolute atomic E-state index is 12.8. The molecule has 2 aromatic rings. The Morgan fingerprint density at radius 3 is 2.28 bits per heavy atom. The first-order chi connectivity index (χ1) is 12.2. The second kappa shape index (κ2) is 7.51. The molecule has 0 heterocycles. The molecular formula is C21H23NO3. The van der Waals surface area contributed by atoms with Crippen LogP contribution in [0, 0.1) is 0 Å². The lowest BCUT2D eigenvalue weighted by Crippen LogP contribution is -2.60. The molecule has 0 spiro atoms. The van der Waals surface area contributed by atoms with Crippen molar-refractivity contribution in [2.75, 3.05) is 7.11 Å². The molecule has 1 saturated carbocycles. The zero-order valence-electron chi connectivity index (χ0n) is 14.4. The lowest BCUT2D eigenvalue weighted by molar-refractivity contribution is -0.150. The first kappa shape index (κ1) is 17.2. The van der Waals surface area contributed by atoms with Crippen LogP contribution < -0.4 is 5.32 Å². The van der Waals surface area contributed by atoms with E-state index in [1.54, 1.807) is 12.1 Å². The van der Waals surface area contributed by atoms with E-state index in [-0.39, 0.29) is 17.8 Å². The zero-order valence-corrected chi connectivity index (χ0v) is 14.4. The average molecular weight is 337 g/mol. The Labute approximate surface area is 148 Å². The summed E-state index contributed by atoms with van der Waals surface area (Å²) < 4.78 is 5.13. The van der Waals surface area contributed by atoms with Crippen LogP contribution in [0.1, 0.15) is 47.5 Å². The molecule has 0 saturated heterocycles. The number of carbonyl (C=O) groups is 2. The Balaban J connectivity index is 1.99. The van der Waals surface area contributed by atoms with Crippen LogP contribution in [0.15, 0.2) is 60.7 Å². The first-order valence-electron chi connectivity index (χ1n) is 8.68. The minimum Gasteiger partial charge on any atom is -0.467 e. The van der Waals surface area contributed by atoms with Crippen LogP contribution in [0.2, 0.25) is 0 Å². The molecule has 130 valence electrons. The number of nitrogens with one attached hydrogen (secondary N) is 1. The monoisotopic (exact) mass is 337 g/mol. The summed E-state index contributed by atoms with van der Waals surface area (Å²) in [6.45, 7) is 0. The fourth-order valence-electron chi connectivity index (χ4n) is 3.80. The highest BCUT2D eigenvalue weighted by molar-refractivity contribution is 5.98. The number of hydrogen-bond acceptors (Lipinski definition) is 3. The van der Waals surface area contributed by atoms with E-state index in [4.69, 9.17) is 4.74 Å². The van der Waals surface area contributed by atoms with Crippen LogP contribution in [0.5, 0.6) is 0 Å². The molecule has 1 aliphatic carbocycles. The third-order valence-corrected chi connectivity index (χ3v) is 5.03. The van der Waals surface area contributed by atoms with Gasteiger partial charge in [-0.1, -0.05) is 61.4 Å². The van der Waals surface area contributed by atoms with Crippen LogP contribution in [0.4, 0.5) is 0 Å². The molecule has 0 radical (unpaired) electrons. The first-order valence-corrected chi connectivity index (χ1v) is 8.68. The van der Waals surface area contributed by atoms with Crippen LogP contribution in [0.25, 0.3) is 0 Å². The van der Waals surface area contributed by atoms with Crippen LogP contribution >= 0.6 is 0 Å². The minimum atomic E-state index is -1.03. The average Bonchev–Trinajstić information content (AvgIpc) is 2.69. The molecule has 4 heteroatoms. The molecule has 1 fully saturated rings. The van der Waals surface area contributed by atoms with E-state index in [0.717, 1.165) is 24.8 Å². The Kier molecular flexibility index (Phi) is 5.17. The van der Waals surface area contributed by atoms with E-state index in [1.807, 2.05) is 48.5 Å². The molecule has 0 aliphatic heterocycles. The highest BCUT2D eigenvalue weighted by atomic mass is 16.5. The van der Waals surface area contributed by atoms with E-state index in [9.17, 15) is 9.59 Å². The van der Waals surface area contributed by atoms with E-state index in [1.165, 1.54) is 7.11 Å². The van der Waals surface area contributed by atoms with Crippen molar-refractivity contribution in [3.8, 4) is 0 Å².